The zero-order valence-corrected chi connectivity index (χ0v) is 18.2. The van der Waals surface area contributed by atoms with Gasteiger partial charge in [-0.15, -0.1) is 11.3 Å². The Kier molecular flexibility index (Phi) is 5.52. The maximum Gasteiger partial charge on any atom is 0.245 e. The largest absolute Gasteiger partial charge is 0.493 e. The molecule has 30 heavy (non-hydrogen) atoms. The molecule has 3 aromatic rings. The fraction of sp³-hybridized carbons (Fsp3) is 0.227. The van der Waals surface area contributed by atoms with E-state index in [2.05, 4.69) is 0 Å². The molecule has 154 valence electrons. The van der Waals surface area contributed by atoms with Gasteiger partial charge in [0.1, 0.15) is 6.07 Å². The Morgan fingerprint density at radius 3 is 2.50 bits per heavy atom. The van der Waals surface area contributed by atoms with Crippen molar-refractivity contribution in [3.63, 3.8) is 0 Å². The second-order valence-corrected chi connectivity index (χ2v) is 9.64. The molecule has 0 bridgehead atoms. The molecule has 2 heterocycles. The molecule has 0 aliphatic carbocycles. The molecule has 1 aliphatic heterocycles. The number of fused-ring (bicyclic) bond motifs is 1. The monoisotopic (exact) mass is 440 g/mol. The van der Waals surface area contributed by atoms with Crippen LogP contribution in [0.1, 0.15) is 27.6 Å². The highest BCUT2D eigenvalue weighted by atomic mass is 32.2. The van der Waals surface area contributed by atoms with Gasteiger partial charge in [-0.1, -0.05) is 18.2 Å². The molecular weight excluding hydrogens is 420 g/mol. The lowest BCUT2D eigenvalue weighted by atomic mass is 9.92. The van der Waals surface area contributed by atoms with Gasteiger partial charge in [0.15, 0.2) is 11.5 Å². The number of hydrogen-bond donors (Lipinski definition) is 0. The average molecular weight is 441 g/mol. The summed E-state index contributed by atoms with van der Waals surface area (Å²) in [5.41, 5.74) is 2.02. The van der Waals surface area contributed by atoms with Gasteiger partial charge in [0.2, 0.25) is 10.0 Å². The first-order chi connectivity index (χ1) is 14.5. The molecule has 0 amide bonds. The van der Waals surface area contributed by atoms with Crippen LogP contribution >= 0.6 is 11.3 Å². The summed E-state index contributed by atoms with van der Waals surface area (Å²) in [5.74, 6) is 1.17. The molecule has 1 unspecified atom stereocenters. The summed E-state index contributed by atoms with van der Waals surface area (Å²) < 4.78 is 39.8. The predicted octanol–water partition coefficient (Wildman–Crippen LogP) is 3.97. The maximum absolute atomic E-state index is 13.7. The van der Waals surface area contributed by atoms with Gasteiger partial charge in [-0.3, -0.25) is 0 Å². The van der Waals surface area contributed by atoms with Crippen molar-refractivity contribution in [3.05, 3.63) is 75.5 Å². The number of nitriles is 1. The summed E-state index contributed by atoms with van der Waals surface area (Å²) in [6.45, 7) is 0.299. The van der Waals surface area contributed by atoms with Gasteiger partial charge >= 0.3 is 0 Å². The quantitative estimate of drug-likeness (QED) is 0.600. The van der Waals surface area contributed by atoms with Crippen LogP contribution in [-0.2, 0) is 16.4 Å². The van der Waals surface area contributed by atoms with Gasteiger partial charge in [-0.25, -0.2) is 8.42 Å². The number of benzene rings is 2. The van der Waals surface area contributed by atoms with E-state index in [1.54, 1.807) is 26.4 Å². The number of ether oxygens (including phenoxy) is 2. The minimum absolute atomic E-state index is 0.0259. The Morgan fingerprint density at radius 2 is 1.83 bits per heavy atom. The predicted molar refractivity (Wildman–Crippen MR) is 114 cm³/mol. The first-order valence-electron chi connectivity index (χ1n) is 9.30. The van der Waals surface area contributed by atoms with Crippen molar-refractivity contribution >= 4 is 21.4 Å². The standard InChI is InChI=1S/C22H20N2O4S2/c1-27-18-12-15-9-10-24(30(25,26)21-8-4-3-6-16(21)14-23)22(20-7-5-11-29-20)17(15)13-19(18)28-2/h3-8,11-13,22H,9-10H2,1-2H3. The van der Waals surface area contributed by atoms with Crippen molar-refractivity contribution < 1.29 is 17.9 Å². The van der Waals surface area contributed by atoms with E-state index in [1.165, 1.54) is 27.8 Å². The molecule has 1 aromatic heterocycles. The minimum Gasteiger partial charge on any atom is -0.493 e. The third-order valence-corrected chi connectivity index (χ3v) is 8.08. The molecule has 4 rings (SSSR count). The number of thiophene rings is 1. The van der Waals surface area contributed by atoms with E-state index in [4.69, 9.17) is 9.47 Å². The SMILES string of the molecule is COc1cc2c(cc1OC)C(c1cccs1)N(S(=O)(=O)c1ccccc1C#N)CC2. The minimum atomic E-state index is -3.91. The second-order valence-electron chi connectivity index (χ2n) is 6.80. The molecule has 1 aliphatic rings. The van der Waals surface area contributed by atoms with Crippen molar-refractivity contribution in [3.8, 4) is 17.6 Å². The molecule has 8 heteroatoms. The summed E-state index contributed by atoms with van der Waals surface area (Å²) in [6, 6.07) is 15.4. The zero-order valence-electron chi connectivity index (χ0n) is 16.5. The Bertz CT molecular complexity index is 1210. The van der Waals surface area contributed by atoms with Crippen LogP contribution in [0.3, 0.4) is 0 Å². The van der Waals surface area contributed by atoms with E-state index < -0.39 is 16.1 Å². The van der Waals surface area contributed by atoms with E-state index in [9.17, 15) is 13.7 Å². The summed E-state index contributed by atoms with van der Waals surface area (Å²) in [6.07, 6.45) is 0.533. The lowest BCUT2D eigenvalue weighted by Crippen LogP contribution is -2.40. The summed E-state index contributed by atoms with van der Waals surface area (Å²) in [5, 5.41) is 11.4. The van der Waals surface area contributed by atoms with Crippen LogP contribution in [0.5, 0.6) is 11.5 Å². The Balaban J connectivity index is 1.91. The van der Waals surface area contributed by atoms with Crippen LogP contribution in [0.25, 0.3) is 0 Å². The highest BCUT2D eigenvalue weighted by Gasteiger charge is 2.39. The van der Waals surface area contributed by atoms with E-state index in [0.717, 1.165) is 16.0 Å². The van der Waals surface area contributed by atoms with Crippen molar-refractivity contribution in [2.24, 2.45) is 0 Å². The first kappa shape index (κ1) is 20.4. The third-order valence-electron chi connectivity index (χ3n) is 5.24. The first-order valence-corrected chi connectivity index (χ1v) is 11.6. The summed E-state index contributed by atoms with van der Waals surface area (Å²) >= 11 is 1.50. The lowest BCUT2D eigenvalue weighted by molar-refractivity contribution is 0.334. The Morgan fingerprint density at radius 1 is 1.10 bits per heavy atom. The maximum atomic E-state index is 13.7. The van der Waals surface area contributed by atoms with Crippen LogP contribution in [-0.4, -0.2) is 33.5 Å². The van der Waals surface area contributed by atoms with Gasteiger partial charge < -0.3 is 9.47 Å². The highest BCUT2D eigenvalue weighted by Crippen LogP contribution is 2.44. The van der Waals surface area contributed by atoms with E-state index in [0.29, 0.717) is 24.5 Å². The summed E-state index contributed by atoms with van der Waals surface area (Å²) in [4.78, 5) is 0.930. The molecule has 0 spiro atoms. The molecule has 0 saturated carbocycles. The molecule has 0 fully saturated rings. The number of sulfonamides is 1. The molecule has 6 nitrogen and oxygen atoms in total. The normalized spacial score (nSPS) is 16.5. The Labute approximate surface area is 180 Å². The smallest absolute Gasteiger partial charge is 0.245 e. The van der Waals surface area contributed by atoms with Crippen molar-refractivity contribution in [2.75, 3.05) is 20.8 Å². The molecule has 0 radical (unpaired) electrons. The fourth-order valence-electron chi connectivity index (χ4n) is 3.83. The van der Waals surface area contributed by atoms with Crippen molar-refractivity contribution in [2.45, 2.75) is 17.4 Å². The van der Waals surface area contributed by atoms with Crippen LogP contribution in [0, 0.1) is 11.3 Å². The van der Waals surface area contributed by atoms with Crippen LogP contribution in [0.15, 0.2) is 58.8 Å². The van der Waals surface area contributed by atoms with E-state index in [1.807, 2.05) is 35.7 Å². The van der Waals surface area contributed by atoms with Crippen LogP contribution in [0.2, 0.25) is 0 Å². The Hall–Kier alpha value is -2.86. The number of hydrogen-bond acceptors (Lipinski definition) is 6. The van der Waals surface area contributed by atoms with Gasteiger partial charge in [-0.2, -0.15) is 9.57 Å². The van der Waals surface area contributed by atoms with Gasteiger partial charge in [-0.05, 0) is 53.3 Å². The van der Waals surface area contributed by atoms with E-state index >= 15 is 0 Å². The van der Waals surface area contributed by atoms with Gasteiger partial charge in [0, 0.05) is 11.4 Å². The average Bonchev–Trinajstić information content (AvgIpc) is 3.31. The molecule has 1 atom stereocenters. The third kappa shape index (κ3) is 3.35. The molecule has 0 saturated heterocycles. The van der Waals surface area contributed by atoms with Gasteiger partial charge in [0.25, 0.3) is 0 Å². The lowest BCUT2D eigenvalue weighted by Gasteiger charge is -2.36. The summed E-state index contributed by atoms with van der Waals surface area (Å²) in [7, 11) is -0.769. The zero-order chi connectivity index (χ0) is 21.3. The van der Waals surface area contributed by atoms with Crippen LogP contribution in [0.4, 0.5) is 0 Å². The number of rotatable bonds is 5. The molecule has 0 N–H and O–H groups in total. The van der Waals surface area contributed by atoms with Crippen molar-refractivity contribution in [1.82, 2.24) is 4.31 Å². The molecular formula is C22H20N2O4S2. The number of methoxy groups -OCH3 is 2. The fourth-order valence-corrected chi connectivity index (χ4v) is 6.49. The van der Waals surface area contributed by atoms with E-state index in [-0.39, 0.29) is 10.5 Å². The topological polar surface area (TPSA) is 79.6 Å². The molecule has 2 aromatic carbocycles. The van der Waals surface area contributed by atoms with Crippen LogP contribution < -0.4 is 9.47 Å². The number of nitrogens with zero attached hydrogens (tertiary/aromatic N) is 2. The highest BCUT2D eigenvalue weighted by molar-refractivity contribution is 7.89. The second kappa shape index (κ2) is 8.11. The van der Waals surface area contributed by atoms with Crippen molar-refractivity contribution in [1.29, 1.82) is 5.26 Å². The van der Waals surface area contributed by atoms with Gasteiger partial charge in [0.05, 0.1) is 30.7 Å².